The summed E-state index contributed by atoms with van der Waals surface area (Å²) in [7, 11) is 0. The van der Waals surface area contributed by atoms with Crippen LogP contribution in [0, 0.1) is 5.92 Å². The lowest BCUT2D eigenvalue weighted by atomic mass is 9.87. The van der Waals surface area contributed by atoms with Gasteiger partial charge in [-0.15, -0.1) is 0 Å². The number of primary amides is 1. The van der Waals surface area contributed by atoms with Crippen molar-refractivity contribution in [1.29, 1.82) is 0 Å². The molecule has 0 heterocycles. The van der Waals surface area contributed by atoms with Crippen LogP contribution in [0.25, 0.3) is 0 Å². The van der Waals surface area contributed by atoms with Gasteiger partial charge in [0.2, 0.25) is 5.91 Å². The van der Waals surface area contributed by atoms with E-state index < -0.39 is 0 Å². The van der Waals surface area contributed by atoms with Crippen LogP contribution in [-0.4, -0.2) is 12.5 Å². The van der Waals surface area contributed by atoms with E-state index in [2.05, 4.69) is 50.4 Å². The molecule has 3 heteroatoms. The second-order valence-electron chi connectivity index (χ2n) is 6.20. The largest absolute Gasteiger partial charge is 0.370 e. The zero-order chi connectivity index (χ0) is 15.2. The zero-order valence-corrected chi connectivity index (χ0v) is 13.2. The molecule has 0 aliphatic carbocycles. The predicted octanol–water partition coefficient (Wildman–Crippen LogP) is 2.98. The van der Waals surface area contributed by atoms with Gasteiger partial charge in [-0.3, -0.25) is 4.79 Å². The maximum atomic E-state index is 11.3. The van der Waals surface area contributed by atoms with Gasteiger partial charge in [-0.25, -0.2) is 0 Å². The van der Waals surface area contributed by atoms with Crippen LogP contribution in [-0.2, 0) is 16.8 Å². The van der Waals surface area contributed by atoms with Crippen molar-refractivity contribution in [1.82, 2.24) is 5.32 Å². The second-order valence-corrected chi connectivity index (χ2v) is 6.20. The van der Waals surface area contributed by atoms with E-state index in [1.54, 1.807) is 0 Å². The Hall–Kier alpha value is -1.35. The van der Waals surface area contributed by atoms with Crippen molar-refractivity contribution in [3.05, 3.63) is 35.4 Å². The van der Waals surface area contributed by atoms with Gasteiger partial charge >= 0.3 is 0 Å². The first-order valence-corrected chi connectivity index (χ1v) is 7.50. The first kappa shape index (κ1) is 16.7. The molecule has 112 valence electrons. The van der Waals surface area contributed by atoms with Gasteiger partial charge in [0.05, 0.1) is 0 Å². The van der Waals surface area contributed by atoms with Crippen molar-refractivity contribution in [2.75, 3.05) is 6.54 Å². The van der Waals surface area contributed by atoms with E-state index in [9.17, 15) is 4.79 Å². The number of rotatable bonds is 8. The fourth-order valence-corrected chi connectivity index (χ4v) is 2.50. The van der Waals surface area contributed by atoms with Crippen molar-refractivity contribution < 1.29 is 4.79 Å². The average molecular weight is 276 g/mol. The second kappa shape index (κ2) is 7.44. The minimum atomic E-state index is -0.377. The Balaban J connectivity index is 2.92. The Labute approximate surface area is 122 Å². The predicted molar refractivity (Wildman–Crippen MR) is 84.4 cm³/mol. The molecule has 0 aliphatic heterocycles. The molecular formula is C17H28N2O. The maximum Gasteiger partial charge on any atom is 0.219 e. The van der Waals surface area contributed by atoms with Crippen molar-refractivity contribution in [2.45, 2.75) is 52.5 Å². The van der Waals surface area contributed by atoms with Crippen LogP contribution in [0.1, 0.15) is 51.7 Å². The Bertz CT molecular complexity index is 425. The molecule has 0 spiro atoms. The molecule has 0 saturated heterocycles. The van der Waals surface area contributed by atoms with Crippen molar-refractivity contribution >= 4 is 5.91 Å². The van der Waals surface area contributed by atoms with E-state index in [0.717, 1.165) is 24.9 Å². The van der Waals surface area contributed by atoms with Gasteiger partial charge in [-0.1, -0.05) is 45.0 Å². The van der Waals surface area contributed by atoms with Gasteiger partial charge in [0, 0.05) is 12.0 Å². The third-order valence-corrected chi connectivity index (χ3v) is 3.53. The summed E-state index contributed by atoms with van der Waals surface area (Å²) in [6.45, 7) is 9.47. The molecule has 1 aromatic carbocycles. The molecule has 1 aromatic rings. The molecule has 0 saturated carbocycles. The van der Waals surface area contributed by atoms with E-state index in [1.165, 1.54) is 5.56 Å². The number of carbonyl (C=O) groups is 1. The van der Waals surface area contributed by atoms with Gasteiger partial charge in [0.25, 0.3) is 0 Å². The summed E-state index contributed by atoms with van der Waals surface area (Å²) in [6.07, 6.45) is 2.42. The molecule has 0 radical (unpaired) electrons. The van der Waals surface area contributed by atoms with Crippen LogP contribution < -0.4 is 11.1 Å². The van der Waals surface area contributed by atoms with Crippen LogP contribution in [0.2, 0.25) is 0 Å². The minimum absolute atomic E-state index is 0.276. The fourth-order valence-electron chi connectivity index (χ4n) is 2.50. The Morgan fingerprint density at radius 2 is 1.90 bits per heavy atom. The average Bonchev–Trinajstić information content (AvgIpc) is 2.35. The number of benzene rings is 1. The molecule has 0 aliphatic rings. The standard InChI is InChI=1S/C17H28N2O/c1-5-10-19-17(4,12-16(18)20)15-8-6-14(7-9-15)11-13(2)3/h6-9,13,19H,5,10-12H2,1-4H3,(H2,18,20). The summed E-state index contributed by atoms with van der Waals surface area (Å²) in [4.78, 5) is 11.3. The molecular weight excluding hydrogens is 248 g/mol. The molecule has 3 N–H and O–H groups in total. The Kier molecular flexibility index (Phi) is 6.21. The highest BCUT2D eigenvalue weighted by Gasteiger charge is 2.27. The normalized spacial score (nSPS) is 14.2. The summed E-state index contributed by atoms with van der Waals surface area (Å²) < 4.78 is 0. The number of hydrogen-bond donors (Lipinski definition) is 2. The number of carbonyl (C=O) groups excluding carboxylic acids is 1. The highest BCUT2D eigenvalue weighted by molar-refractivity contribution is 5.75. The van der Waals surface area contributed by atoms with Crippen LogP contribution in [0.4, 0.5) is 0 Å². The third-order valence-electron chi connectivity index (χ3n) is 3.53. The van der Waals surface area contributed by atoms with E-state index >= 15 is 0 Å². The lowest BCUT2D eigenvalue weighted by molar-refractivity contribution is -0.119. The third kappa shape index (κ3) is 4.97. The Morgan fingerprint density at radius 1 is 1.30 bits per heavy atom. The molecule has 1 amide bonds. The maximum absolute atomic E-state index is 11.3. The molecule has 0 fully saturated rings. The summed E-state index contributed by atoms with van der Waals surface area (Å²) >= 11 is 0. The fraction of sp³-hybridized carbons (Fsp3) is 0.588. The first-order valence-electron chi connectivity index (χ1n) is 7.50. The van der Waals surface area contributed by atoms with Crippen LogP contribution >= 0.6 is 0 Å². The molecule has 0 aromatic heterocycles. The highest BCUT2D eigenvalue weighted by Crippen LogP contribution is 2.25. The number of hydrogen-bond acceptors (Lipinski definition) is 2. The molecule has 1 rings (SSSR count). The molecule has 3 nitrogen and oxygen atoms in total. The number of amides is 1. The summed E-state index contributed by atoms with van der Waals surface area (Å²) in [5, 5.41) is 3.45. The van der Waals surface area contributed by atoms with E-state index in [-0.39, 0.29) is 11.4 Å². The first-order chi connectivity index (χ1) is 9.37. The number of nitrogens with one attached hydrogen (secondary N) is 1. The van der Waals surface area contributed by atoms with Crippen LogP contribution in [0.15, 0.2) is 24.3 Å². The van der Waals surface area contributed by atoms with Gasteiger partial charge in [-0.2, -0.15) is 0 Å². The SMILES string of the molecule is CCCNC(C)(CC(N)=O)c1ccc(CC(C)C)cc1. The van der Waals surface area contributed by atoms with Crippen LogP contribution in [0.3, 0.4) is 0 Å². The quantitative estimate of drug-likeness (QED) is 0.767. The lowest BCUT2D eigenvalue weighted by Crippen LogP contribution is -2.43. The van der Waals surface area contributed by atoms with Crippen molar-refractivity contribution in [3.8, 4) is 0 Å². The minimum Gasteiger partial charge on any atom is -0.370 e. The smallest absolute Gasteiger partial charge is 0.219 e. The molecule has 1 atom stereocenters. The van der Waals surface area contributed by atoms with E-state index in [4.69, 9.17) is 5.73 Å². The zero-order valence-electron chi connectivity index (χ0n) is 13.2. The lowest BCUT2D eigenvalue weighted by Gasteiger charge is -2.30. The monoisotopic (exact) mass is 276 g/mol. The van der Waals surface area contributed by atoms with Gasteiger partial charge in [0.1, 0.15) is 0 Å². The van der Waals surface area contributed by atoms with E-state index in [1.807, 2.05) is 6.92 Å². The molecule has 1 unspecified atom stereocenters. The highest BCUT2D eigenvalue weighted by atomic mass is 16.1. The van der Waals surface area contributed by atoms with Crippen LogP contribution in [0.5, 0.6) is 0 Å². The van der Waals surface area contributed by atoms with Crippen molar-refractivity contribution in [3.63, 3.8) is 0 Å². The van der Waals surface area contributed by atoms with Crippen molar-refractivity contribution in [2.24, 2.45) is 11.7 Å². The summed E-state index contributed by atoms with van der Waals surface area (Å²) in [5.74, 6) is 0.374. The van der Waals surface area contributed by atoms with E-state index in [0.29, 0.717) is 12.3 Å². The summed E-state index contributed by atoms with van der Waals surface area (Å²) in [6, 6.07) is 8.54. The molecule has 20 heavy (non-hydrogen) atoms. The number of nitrogens with two attached hydrogens (primary N) is 1. The molecule has 0 bridgehead atoms. The van der Waals surface area contributed by atoms with Gasteiger partial charge in [0.15, 0.2) is 0 Å². The van der Waals surface area contributed by atoms with Gasteiger partial charge < -0.3 is 11.1 Å². The summed E-state index contributed by atoms with van der Waals surface area (Å²) in [5.41, 5.74) is 7.48. The Morgan fingerprint density at radius 3 is 2.35 bits per heavy atom. The van der Waals surface area contributed by atoms with Gasteiger partial charge in [-0.05, 0) is 43.4 Å². The topological polar surface area (TPSA) is 55.1 Å².